The molecule has 398 valence electrons. The molecule has 0 radical (unpaired) electrons. The fraction of sp³-hybridized carbons (Fsp3) is 1.00. The Bertz CT molecular complexity index is 1330. The summed E-state index contributed by atoms with van der Waals surface area (Å²) in [5.41, 5.74) is 0. The summed E-state index contributed by atoms with van der Waals surface area (Å²) in [4.78, 5) is 0. The van der Waals surface area contributed by atoms with Crippen LogP contribution in [0.2, 0.25) is 0 Å². The first-order valence-electron chi connectivity index (χ1n) is 26.0. The van der Waals surface area contributed by atoms with Gasteiger partial charge in [0.05, 0.1) is 25.9 Å². The molecule has 0 aromatic heterocycles. The molecule has 0 aromatic rings. The summed E-state index contributed by atoms with van der Waals surface area (Å²) in [6.45, 7) is 4.36. The monoisotopic (exact) mass is 1010 g/mol. The molecule has 18 nitrogen and oxygen atoms in total. The van der Waals surface area contributed by atoms with Crippen LogP contribution < -0.4 is 29.6 Å². The fourth-order valence-corrected chi connectivity index (χ4v) is 9.94. The van der Waals surface area contributed by atoms with Gasteiger partial charge in [-0.05, 0) is 25.7 Å². The van der Waals surface area contributed by atoms with Crippen molar-refractivity contribution in [2.24, 2.45) is 5.92 Å². The van der Waals surface area contributed by atoms with E-state index in [1.165, 1.54) is 122 Å². The first-order chi connectivity index (χ1) is 32.2. The second-order valence-electron chi connectivity index (χ2n) is 19.3. The van der Waals surface area contributed by atoms with E-state index in [0.29, 0.717) is 0 Å². The average Bonchev–Trinajstić information content (AvgIpc) is 3.30. The molecule has 3 fully saturated rings. The van der Waals surface area contributed by atoms with Crippen LogP contribution in [0.15, 0.2) is 0 Å². The van der Waals surface area contributed by atoms with Gasteiger partial charge in [-0.2, -0.15) is 0 Å². The number of hydrogen-bond donors (Lipinski definition) is 8. The Morgan fingerprint density at radius 3 is 1.32 bits per heavy atom. The van der Waals surface area contributed by atoms with E-state index in [9.17, 15) is 53.8 Å². The van der Waals surface area contributed by atoms with Gasteiger partial charge in [0.15, 0.2) is 18.9 Å². The van der Waals surface area contributed by atoms with E-state index in [1.54, 1.807) is 0 Å². The minimum Gasteiger partial charge on any atom is -0.726 e. The second kappa shape index (κ2) is 36.3. The number of ether oxygens (including phenoxy) is 6. The zero-order valence-corrected chi connectivity index (χ0v) is 44.6. The average molecular weight is 1010 g/mol. The first-order valence-corrected chi connectivity index (χ1v) is 27.3. The minimum absolute atomic E-state index is 0. The van der Waals surface area contributed by atoms with Crippen molar-refractivity contribution >= 4 is 10.4 Å². The Hall–Kier alpha value is 0.310. The van der Waals surface area contributed by atoms with Gasteiger partial charge in [-0.1, -0.05) is 168 Å². The van der Waals surface area contributed by atoms with Gasteiger partial charge in [0.25, 0.3) is 0 Å². The van der Waals surface area contributed by atoms with Crippen molar-refractivity contribution in [2.45, 2.75) is 280 Å². The molecule has 3 rings (SSSR count). The Morgan fingerprint density at radius 2 is 0.882 bits per heavy atom. The number of aliphatic hydroxyl groups excluding tert-OH is 8. The smallest absolute Gasteiger partial charge is 0.726 e. The van der Waals surface area contributed by atoms with Gasteiger partial charge in [0.1, 0.15) is 67.1 Å². The topological polar surface area (TPSA) is 284 Å². The van der Waals surface area contributed by atoms with Crippen LogP contribution in [0.1, 0.15) is 188 Å². The van der Waals surface area contributed by atoms with Crippen molar-refractivity contribution in [3.63, 3.8) is 0 Å². The maximum Gasteiger partial charge on any atom is 1.00 e. The predicted octanol–water partition coefficient (Wildman–Crippen LogP) is 1.77. The molecule has 20 heteroatoms. The van der Waals surface area contributed by atoms with Crippen molar-refractivity contribution in [2.75, 3.05) is 19.8 Å². The van der Waals surface area contributed by atoms with Gasteiger partial charge in [0, 0.05) is 0 Å². The Labute approximate surface area is 429 Å². The molecule has 68 heavy (non-hydrogen) atoms. The van der Waals surface area contributed by atoms with Crippen molar-refractivity contribution in [1.29, 1.82) is 0 Å². The van der Waals surface area contributed by atoms with Gasteiger partial charge < -0.3 is 73.8 Å². The molecule has 0 aromatic carbocycles. The number of rotatable bonds is 37. The molecule has 0 spiro atoms. The maximum absolute atomic E-state index is 11.9. The molecule has 3 aliphatic heterocycles. The molecule has 3 heterocycles. The third kappa shape index (κ3) is 23.2. The Morgan fingerprint density at radius 1 is 0.485 bits per heavy atom. The number of hydrogen-bond acceptors (Lipinski definition) is 18. The van der Waals surface area contributed by atoms with Crippen LogP contribution in [0.5, 0.6) is 0 Å². The molecule has 0 saturated carbocycles. The van der Waals surface area contributed by atoms with Crippen LogP contribution in [0.4, 0.5) is 0 Å². The summed E-state index contributed by atoms with van der Waals surface area (Å²) < 4.78 is 74.7. The summed E-state index contributed by atoms with van der Waals surface area (Å²) in [6, 6.07) is 0. The summed E-state index contributed by atoms with van der Waals surface area (Å²) in [5, 5.41) is 85.9. The molecule has 3 saturated heterocycles. The number of aliphatic hydroxyl groups is 8. The third-order valence-corrected chi connectivity index (χ3v) is 14.1. The second-order valence-corrected chi connectivity index (χ2v) is 20.3. The van der Waals surface area contributed by atoms with E-state index in [4.69, 9.17) is 28.4 Å². The van der Waals surface area contributed by atoms with Gasteiger partial charge >= 0.3 is 29.6 Å². The molecule has 8 N–H and O–H groups in total. The largest absolute Gasteiger partial charge is 1.00 e. The minimum atomic E-state index is -5.51. The Balaban J connectivity index is 0.0000159. The van der Waals surface area contributed by atoms with Crippen LogP contribution in [-0.4, -0.2) is 166 Å². The molecule has 15 atom stereocenters. The van der Waals surface area contributed by atoms with Gasteiger partial charge in [-0.15, -0.1) is 0 Å². The summed E-state index contributed by atoms with van der Waals surface area (Å²) in [5.74, 6) is 0.116. The summed E-state index contributed by atoms with van der Waals surface area (Å²) in [7, 11) is -5.51. The van der Waals surface area contributed by atoms with E-state index < -0.39 is 116 Å². The van der Waals surface area contributed by atoms with Crippen LogP contribution in [0.25, 0.3) is 0 Å². The normalized spacial score (nSPS) is 32.4. The van der Waals surface area contributed by atoms with E-state index in [0.717, 1.165) is 51.4 Å². The van der Waals surface area contributed by atoms with E-state index >= 15 is 0 Å². The van der Waals surface area contributed by atoms with Gasteiger partial charge in [-0.25, -0.2) is 8.42 Å². The van der Waals surface area contributed by atoms with Crippen molar-refractivity contribution in [3.8, 4) is 0 Å². The van der Waals surface area contributed by atoms with Crippen LogP contribution >= 0.6 is 0 Å². The Kier molecular flexibility index (Phi) is 34.4. The molecule has 0 unspecified atom stereocenters. The van der Waals surface area contributed by atoms with Crippen molar-refractivity contribution in [3.05, 3.63) is 0 Å². The third-order valence-electron chi connectivity index (χ3n) is 13.7. The number of unbranched alkanes of at least 4 members (excludes halogenated alkanes) is 22. The molecular formula is C48H91NaO18S. The molecular weight excluding hydrogens is 920 g/mol. The van der Waals surface area contributed by atoms with Crippen molar-refractivity contribution in [1.82, 2.24) is 0 Å². The molecule has 3 aliphatic rings. The zero-order valence-electron chi connectivity index (χ0n) is 41.8. The van der Waals surface area contributed by atoms with E-state index in [2.05, 4.69) is 18.0 Å². The zero-order chi connectivity index (χ0) is 49.2. The summed E-state index contributed by atoms with van der Waals surface area (Å²) in [6.07, 6.45) is 5.67. The predicted molar refractivity (Wildman–Crippen MR) is 247 cm³/mol. The maximum atomic E-state index is 11.9. The van der Waals surface area contributed by atoms with Crippen molar-refractivity contribution < 1.29 is 116 Å². The van der Waals surface area contributed by atoms with Gasteiger partial charge in [0.2, 0.25) is 10.4 Å². The molecule has 0 bridgehead atoms. The van der Waals surface area contributed by atoms with Crippen LogP contribution in [-0.2, 0) is 43.0 Å². The fourth-order valence-electron chi connectivity index (χ4n) is 9.44. The van der Waals surface area contributed by atoms with Crippen LogP contribution in [0.3, 0.4) is 0 Å². The van der Waals surface area contributed by atoms with E-state index in [-0.39, 0.29) is 42.1 Å². The standard InChI is InChI=1S/C48H92O18S.Na/c1-4-6-8-10-12-14-16-18-20-22-24-26-28-34(29-27-25-23-21-19-17-15-13-11-9-7-5-2)32-60-46-42(56)45(65-47-40(54)39(53)37(51)33(3)61-47)43(36(31-50)63-46)64-48-41(55)44(66-67(57,58)59)38(52)35(30-49)62-48;/h33-56H,4-32H2,1-3H3,(H,57,58,59);/q;+1/p-1/t33-,35+,36+,37+,38-,39+,40-,41+,42+,43+,44-,45+,46+,47-,48-;/m0./s1. The molecule has 0 aliphatic carbocycles. The van der Waals surface area contributed by atoms with E-state index in [1.807, 2.05) is 0 Å². The first kappa shape index (κ1) is 64.4. The van der Waals surface area contributed by atoms with Gasteiger partial charge in [-0.3, -0.25) is 4.18 Å². The summed E-state index contributed by atoms with van der Waals surface area (Å²) >= 11 is 0. The van der Waals surface area contributed by atoms with Crippen LogP contribution in [0, 0.1) is 5.92 Å². The quantitative estimate of drug-likeness (QED) is 0.0191. The molecule has 0 amide bonds. The SMILES string of the molecule is CCCCCCCCCCCCCCC(CCCCCCCCCCCCCC)CO[C@@H]1O[C@H](CO)[C@@H](O[C@@H]2O[C@H](CO)[C@H](O)[C@H](OS(=O)(=O)[O-])[C@H]2O)[C@H](O[C@@H]2O[C@@H](C)[C@@H](O)[C@@H](O)[C@@H]2O)[C@H]1O.[Na+].